The van der Waals surface area contributed by atoms with Gasteiger partial charge in [-0.05, 0) is 43.9 Å². The molecule has 0 bridgehead atoms. The molecule has 0 radical (unpaired) electrons. The zero-order chi connectivity index (χ0) is 24.5. The van der Waals surface area contributed by atoms with Crippen molar-refractivity contribution in [1.29, 1.82) is 0 Å². The van der Waals surface area contributed by atoms with E-state index in [0.29, 0.717) is 17.9 Å². The quantitative estimate of drug-likeness (QED) is 0.182. The molecule has 2 atom stereocenters. The van der Waals surface area contributed by atoms with Gasteiger partial charge in [-0.15, -0.1) is 0 Å². The van der Waals surface area contributed by atoms with Gasteiger partial charge in [0.1, 0.15) is 0 Å². The number of hydrogen-bond donors (Lipinski definition) is 0. The van der Waals surface area contributed by atoms with Crippen LogP contribution in [0.3, 0.4) is 0 Å². The van der Waals surface area contributed by atoms with Crippen LogP contribution in [0.2, 0.25) is 0 Å². The van der Waals surface area contributed by atoms with Crippen LogP contribution in [0.1, 0.15) is 111 Å². The summed E-state index contributed by atoms with van der Waals surface area (Å²) in [6, 6.07) is 0. The van der Waals surface area contributed by atoms with E-state index in [9.17, 15) is 19.2 Å². The molecule has 1 aliphatic carbocycles. The number of rotatable bonds is 14. The summed E-state index contributed by atoms with van der Waals surface area (Å²) >= 11 is 0. The molecular weight excluding hydrogens is 428 g/mol. The van der Waals surface area contributed by atoms with Gasteiger partial charge >= 0.3 is 23.9 Å². The zero-order valence-corrected chi connectivity index (χ0v) is 20.4. The van der Waals surface area contributed by atoms with E-state index in [4.69, 9.17) is 4.89 Å². The average molecular weight is 469 g/mol. The Hall–Kier alpha value is -2.38. The van der Waals surface area contributed by atoms with Crippen molar-refractivity contribution in [2.45, 2.75) is 111 Å². The summed E-state index contributed by atoms with van der Waals surface area (Å²) in [5, 5.41) is 0. The molecule has 1 aliphatic rings. The Kier molecular flexibility index (Phi) is 14.9. The van der Waals surface area contributed by atoms with Gasteiger partial charge in [-0.3, -0.25) is 0 Å². The van der Waals surface area contributed by atoms with E-state index in [1.807, 2.05) is 6.08 Å². The molecule has 1 rings (SSSR count). The lowest BCUT2D eigenvalue weighted by atomic mass is 9.78. The normalized spacial score (nSPS) is 17.6. The summed E-state index contributed by atoms with van der Waals surface area (Å²) < 4.78 is 0. The van der Waals surface area contributed by atoms with Crippen molar-refractivity contribution in [3.63, 3.8) is 0 Å². The monoisotopic (exact) mass is 468 g/mol. The highest BCUT2D eigenvalue weighted by molar-refractivity contribution is 5.89. The molecule has 2 unspecified atom stereocenters. The Bertz CT molecular complexity index is 655. The number of allylic oxidation sites excluding steroid dienone is 1. The smallest absolute Gasteiger partial charge is 0.248 e. The van der Waals surface area contributed by atoms with Crippen molar-refractivity contribution in [3.05, 3.63) is 11.6 Å². The minimum atomic E-state index is -0.647. The summed E-state index contributed by atoms with van der Waals surface area (Å²) in [7, 11) is 0. The summed E-state index contributed by atoms with van der Waals surface area (Å²) in [5.41, 5.74) is 0.648. The third-order valence-corrected chi connectivity index (χ3v) is 5.83. The molecule has 0 N–H and O–H groups in total. The van der Waals surface area contributed by atoms with Gasteiger partial charge in [0.2, 0.25) is 0 Å². The van der Waals surface area contributed by atoms with E-state index in [2.05, 4.69) is 21.6 Å². The molecule has 0 heterocycles. The molecule has 188 valence electrons. The van der Waals surface area contributed by atoms with Crippen molar-refractivity contribution in [2.24, 2.45) is 11.8 Å². The Morgan fingerprint density at radius 2 is 1.36 bits per heavy atom. The van der Waals surface area contributed by atoms with E-state index in [1.165, 1.54) is 26.7 Å². The largest absolute Gasteiger partial charge is 0.382 e. The fourth-order valence-electron chi connectivity index (χ4n) is 4.12. The predicted molar refractivity (Wildman–Crippen MR) is 121 cm³/mol. The first-order chi connectivity index (χ1) is 15.8. The van der Waals surface area contributed by atoms with E-state index in [-0.39, 0.29) is 12.3 Å². The third-order valence-electron chi connectivity index (χ3n) is 5.83. The molecule has 8 nitrogen and oxygen atoms in total. The van der Waals surface area contributed by atoms with E-state index >= 15 is 0 Å². The molecule has 33 heavy (non-hydrogen) atoms. The Labute approximate surface area is 197 Å². The molecule has 8 heteroatoms. The van der Waals surface area contributed by atoms with Gasteiger partial charge in [-0.2, -0.15) is 0 Å². The standard InChI is InChI=1S/C25H40O8/c1-4-5-10-13-21-16-17-22(23(18-21)25(29)33-31-20(3)27)14-11-8-6-7-9-12-15-24(28)32-30-19(2)26/h18,21-22H,4-17H2,1-3H3. The Morgan fingerprint density at radius 1 is 0.758 bits per heavy atom. The maximum Gasteiger partial charge on any atom is 0.382 e. The summed E-state index contributed by atoms with van der Waals surface area (Å²) in [5.74, 6) is -1.86. The van der Waals surface area contributed by atoms with Crippen molar-refractivity contribution < 1.29 is 38.7 Å². The number of unbranched alkanes of at least 4 members (excludes halogenated alkanes) is 7. The van der Waals surface area contributed by atoms with Crippen molar-refractivity contribution in [1.82, 2.24) is 0 Å². The lowest BCUT2D eigenvalue weighted by Gasteiger charge is -2.27. The highest BCUT2D eigenvalue weighted by atomic mass is 17.2. The maximum absolute atomic E-state index is 12.5. The lowest BCUT2D eigenvalue weighted by Crippen LogP contribution is -2.23. The highest BCUT2D eigenvalue weighted by Crippen LogP contribution is 2.35. The van der Waals surface area contributed by atoms with Gasteiger partial charge in [0.25, 0.3) is 0 Å². The molecule has 0 aromatic rings. The van der Waals surface area contributed by atoms with Gasteiger partial charge in [-0.1, -0.05) is 64.4 Å². The molecular formula is C25H40O8. The number of hydrogen-bond acceptors (Lipinski definition) is 8. The average Bonchev–Trinajstić information content (AvgIpc) is 2.78. The summed E-state index contributed by atoms with van der Waals surface area (Å²) in [6.45, 7) is 4.55. The molecule has 0 fully saturated rings. The van der Waals surface area contributed by atoms with Crippen molar-refractivity contribution in [3.8, 4) is 0 Å². The first-order valence-electron chi connectivity index (χ1n) is 12.3. The van der Waals surface area contributed by atoms with Gasteiger partial charge in [0.05, 0.1) is 6.42 Å². The van der Waals surface area contributed by atoms with Crippen LogP contribution in [-0.2, 0) is 38.7 Å². The third kappa shape index (κ3) is 13.7. The molecule has 0 aromatic carbocycles. The number of carbonyl (C=O) groups is 4. The SMILES string of the molecule is CCCCCC1C=C(C(=O)OOC(C)=O)C(CCCCCCCCC(=O)OOC(C)=O)CC1. The van der Waals surface area contributed by atoms with E-state index in [0.717, 1.165) is 64.2 Å². The Balaban J connectivity index is 2.35. The van der Waals surface area contributed by atoms with Gasteiger partial charge < -0.3 is 0 Å². The molecule has 0 spiro atoms. The lowest BCUT2D eigenvalue weighted by molar-refractivity contribution is -0.257. The zero-order valence-electron chi connectivity index (χ0n) is 20.4. The van der Waals surface area contributed by atoms with Crippen LogP contribution < -0.4 is 0 Å². The second-order valence-corrected chi connectivity index (χ2v) is 8.79. The molecule has 0 aliphatic heterocycles. The van der Waals surface area contributed by atoms with Gasteiger partial charge in [0, 0.05) is 19.4 Å². The van der Waals surface area contributed by atoms with Crippen LogP contribution in [0, 0.1) is 11.8 Å². The minimum Gasteiger partial charge on any atom is -0.248 e. The van der Waals surface area contributed by atoms with Crippen LogP contribution in [0.4, 0.5) is 0 Å². The molecule has 0 saturated heterocycles. The van der Waals surface area contributed by atoms with Crippen LogP contribution >= 0.6 is 0 Å². The van der Waals surface area contributed by atoms with E-state index < -0.39 is 23.9 Å². The number of carbonyl (C=O) groups excluding carboxylic acids is 4. The molecule has 0 saturated carbocycles. The fourth-order valence-corrected chi connectivity index (χ4v) is 4.12. The second-order valence-electron chi connectivity index (χ2n) is 8.79. The second kappa shape index (κ2) is 17.1. The maximum atomic E-state index is 12.5. The first-order valence-corrected chi connectivity index (χ1v) is 12.3. The fraction of sp³-hybridized carbons (Fsp3) is 0.760. The van der Waals surface area contributed by atoms with Crippen LogP contribution in [-0.4, -0.2) is 23.9 Å². The Morgan fingerprint density at radius 3 is 2.03 bits per heavy atom. The molecule has 0 aromatic heterocycles. The van der Waals surface area contributed by atoms with Crippen LogP contribution in [0.5, 0.6) is 0 Å². The van der Waals surface area contributed by atoms with Gasteiger partial charge in [-0.25, -0.2) is 38.7 Å². The first kappa shape index (κ1) is 28.7. The predicted octanol–water partition coefficient (Wildman–Crippen LogP) is 5.68. The van der Waals surface area contributed by atoms with Crippen molar-refractivity contribution in [2.75, 3.05) is 0 Å². The van der Waals surface area contributed by atoms with E-state index in [1.54, 1.807) is 0 Å². The van der Waals surface area contributed by atoms with Crippen LogP contribution in [0.15, 0.2) is 11.6 Å². The van der Waals surface area contributed by atoms with Crippen LogP contribution in [0.25, 0.3) is 0 Å². The highest BCUT2D eigenvalue weighted by Gasteiger charge is 2.29. The molecule has 0 amide bonds. The van der Waals surface area contributed by atoms with Crippen molar-refractivity contribution >= 4 is 23.9 Å². The summed E-state index contributed by atoms with van der Waals surface area (Å²) in [4.78, 5) is 63.2. The summed E-state index contributed by atoms with van der Waals surface area (Å²) in [6.07, 6.45) is 15.4. The minimum absolute atomic E-state index is 0.131. The van der Waals surface area contributed by atoms with Gasteiger partial charge in [0.15, 0.2) is 0 Å². The topological polar surface area (TPSA) is 105 Å².